The largest absolute Gasteiger partial charge is 0.374 e. The van der Waals surface area contributed by atoms with E-state index in [9.17, 15) is 0 Å². The van der Waals surface area contributed by atoms with E-state index in [1.807, 2.05) is 13.8 Å². The van der Waals surface area contributed by atoms with Crippen LogP contribution in [0.3, 0.4) is 0 Å². The Kier molecular flexibility index (Phi) is 1.29. The fourth-order valence-corrected chi connectivity index (χ4v) is 0.904. The third-order valence-corrected chi connectivity index (χ3v) is 1.80. The van der Waals surface area contributed by atoms with Crippen LogP contribution >= 0.6 is 0 Å². The average Bonchev–Trinajstić information content (AvgIpc) is 1.86. The van der Waals surface area contributed by atoms with Gasteiger partial charge in [0.1, 0.15) is 0 Å². The van der Waals surface area contributed by atoms with Crippen LogP contribution in [0.25, 0.3) is 0 Å². The van der Waals surface area contributed by atoms with Crippen LogP contribution in [0.15, 0.2) is 0 Å². The molecule has 2 N–H and O–H groups in total. The SMILES string of the molecule is CC1(C)OCC[C@@H]1N. The van der Waals surface area contributed by atoms with Gasteiger partial charge in [-0.1, -0.05) is 0 Å². The van der Waals surface area contributed by atoms with E-state index < -0.39 is 0 Å². The fourth-order valence-electron chi connectivity index (χ4n) is 0.904. The van der Waals surface area contributed by atoms with Crippen LogP contribution in [0.5, 0.6) is 0 Å². The lowest BCUT2D eigenvalue weighted by Gasteiger charge is -2.21. The van der Waals surface area contributed by atoms with Crippen molar-refractivity contribution in [3.05, 3.63) is 0 Å². The van der Waals surface area contributed by atoms with E-state index in [-0.39, 0.29) is 11.6 Å². The Morgan fingerprint density at radius 2 is 2.25 bits per heavy atom. The first-order chi connectivity index (χ1) is 3.63. The predicted molar refractivity (Wildman–Crippen MR) is 32.6 cm³/mol. The molecule has 0 aromatic heterocycles. The van der Waals surface area contributed by atoms with Crippen molar-refractivity contribution < 1.29 is 4.74 Å². The Morgan fingerprint density at radius 3 is 2.38 bits per heavy atom. The second-order valence-electron chi connectivity index (χ2n) is 2.85. The molecule has 1 atom stereocenters. The Balaban J connectivity index is 2.54. The highest BCUT2D eigenvalue weighted by Crippen LogP contribution is 2.22. The Morgan fingerprint density at radius 1 is 1.62 bits per heavy atom. The summed E-state index contributed by atoms with van der Waals surface area (Å²) >= 11 is 0. The first-order valence-corrected chi connectivity index (χ1v) is 3.02. The van der Waals surface area contributed by atoms with Crippen molar-refractivity contribution in [1.82, 2.24) is 0 Å². The number of nitrogens with two attached hydrogens (primary N) is 1. The molecule has 0 bridgehead atoms. The molecule has 1 fully saturated rings. The summed E-state index contributed by atoms with van der Waals surface area (Å²) in [6, 6.07) is 0.238. The molecular formula is C6H13NO. The number of rotatable bonds is 0. The Bertz CT molecular complexity index is 90.5. The molecule has 0 radical (unpaired) electrons. The van der Waals surface area contributed by atoms with Gasteiger partial charge in [-0.25, -0.2) is 0 Å². The Labute approximate surface area is 50.0 Å². The molecule has 1 aliphatic heterocycles. The summed E-state index contributed by atoms with van der Waals surface area (Å²) in [5.41, 5.74) is 5.62. The van der Waals surface area contributed by atoms with E-state index >= 15 is 0 Å². The third kappa shape index (κ3) is 0.858. The lowest BCUT2D eigenvalue weighted by molar-refractivity contribution is 0.0283. The van der Waals surface area contributed by atoms with Crippen molar-refractivity contribution in [2.75, 3.05) is 6.61 Å². The van der Waals surface area contributed by atoms with Crippen LogP contribution in [0.2, 0.25) is 0 Å². The maximum atomic E-state index is 5.69. The van der Waals surface area contributed by atoms with Gasteiger partial charge in [0, 0.05) is 12.6 Å². The zero-order valence-corrected chi connectivity index (χ0v) is 5.48. The lowest BCUT2D eigenvalue weighted by atomic mass is 10.0. The minimum Gasteiger partial charge on any atom is -0.374 e. The summed E-state index contributed by atoms with van der Waals surface area (Å²) in [6.45, 7) is 4.89. The minimum absolute atomic E-state index is 0.0694. The second-order valence-corrected chi connectivity index (χ2v) is 2.85. The van der Waals surface area contributed by atoms with Crippen LogP contribution in [-0.2, 0) is 4.74 Å². The summed E-state index contributed by atoms with van der Waals surface area (Å²) < 4.78 is 5.33. The van der Waals surface area contributed by atoms with Gasteiger partial charge in [0.25, 0.3) is 0 Å². The molecule has 0 amide bonds. The average molecular weight is 115 g/mol. The Hall–Kier alpha value is -0.0800. The maximum absolute atomic E-state index is 5.69. The zero-order valence-electron chi connectivity index (χ0n) is 5.48. The maximum Gasteiger partial charge on any atom is 0.0777 e. The van der Waals surface area contributed by atoms with Gasteiger partial charge in [-0.05, 0) is 20.3 Å². The van der Waals surface area contributed by atoms with Crippen LogP contribution < -0.4 is 5.73 Å². The topological polar surface area (TPSA) is 35.2 Å². The molecule has 0 spiro atoms. The quantitative estimate of drug-likeness (QED) is 0.499. The monoisotopic (exact) mass is 115 g/mol. The molecule has 48 valence electrons. The molecule has 0 unspecified atom stereocenters. The zero-order chi connectivity index (χ0) is 6.20. The van der Waals surface area contributed by atoms with Gasteiger partial charge in [0.05, 0.1) is 5.60 Å². The summed E-state index contributed by atoms with van der Waals surface area (Å²) in [7, 11) is 0. The van der Waals surface area contributed by atoms with Crippen molar-refractivity contribution in [2.45, 2.75) is 31.9 Å². The van der Waals surface area contributed by atoms with Gasteiger partial charge >= 0.3 is 0 Å². The highest BCUT2D eigenvalue weighted by atomic mass is 16.5. The predicted octanol–water partition coefficient (Wildman–Crippen LogP) is 0.513. The van der Waals surface area contributed by atoms with Crippen molar-refractivity contribution in [2.24, 2.45) is 5.73 Å². The van der Waals surface area contributed by atoms with Crippen LogP contribution in [0, 0.1) is 0 Å². The van der Waals surface area contributed by atoms with Crippen LogP contribution in [0.1, 0.15) is 20.3 Å². The van der Waals surface area contributed by atoms with E-state index in [2.05, 4.69) is 0 Å². The minimum atomic E-state index is -0.0694. The van der Waals surface area contributed by atoms with E-state index in [4.69, 9.17) is 10.5 Å². The van der Waals surface area contributed by atoms with Crippen molar-refractivity contribution >= 4 is 0 Å². The fraction of sp³-hybridized carbons (Fsp3) is 1.00. The van der Waals surface area contributed by atoms with E-state index in [0.717, 1.165) is 13.0 Å². The standard InChI is InChI=1S/C6H13NO/c1-6(2)5(7)3-4-8-6/h5H,3-4,7H2,1-2H3/t5-/m0/s1. The lowest BCUT2D eigenvalue weighted by Crippen LogP contribution is -2.38. The van der Waals surface area contributed by atoms with Crippen molar-refractivity contribution in [1.29, 1.82) is 0 Å². The molecule has 1 rings (SSSR count). The van der Waals surface area contributed by atoms with Gasteiger partial charge in [-0.15, -0.1) is 0 Å². The van der Waals surface area contributed by atoms with Crippen LogP contribution in [0.4, 0.5) is 0 Å². The molecule has 8 heavy (non-hydrogen) atoms. The molecule has 1 saturated heterocycles. The summed E-state index contributed by atoms with van der Waals surface area (Å²) in [5, 5.41) is 0. The molecule has 0 aliphatic carbocycles. The molecule has 0 aromatic rings. The van der Waals surface area contributed by atoms with Crippen LogP contribution in [-0.4, -0.2) is 18.2 Å². The highest BCUT2D eigenvalue weighted by molar-refractivity contribution is 4.87. The molecule has 1 heterocycles. The van der Waals surface area contributed by atoms with Gasteiger partial charge in [-0.2, -0.15) is 0 Å². The highest BCUT2D eigenvalue weighted by Gasteiger charge is 2.32. The summed E-state index contributed by atoms with van der Waals surface area (Å²) in [6.07, 6.45) is 1.01. The third-order valence-electron chi connectivity index (χ3n) is 1.80. The number of hydrogen-bond acceptors (Lipinski definition) is 2. The second kappa shape index (κ2) is 1.71. The van der Waals surface area contributed by atoms with E-state index in [0.29, 0.717) is 0 Å². The van der Waals surface area contributed by atoms with Crippen molar-refractivity contribution in [3.8, 4) is 0 Å². The first-order valence-electron chi connectivity index (χ1n) is 3.02. The smallest absolute Gasteiger partial charge is 0.0777 e. The summed E-state index contributed by atoms with van der Waals surface area (Å²) in [4.78, 5) is 0. The van der Waals surface area contributed by atoms with Gasteiger partial charge in [0.2, 0.25) is 0 Å². The van der Waals surface area contributed by atoms with E-state index in [1.165, 1.54) is 0 Å². The molecule has 0 aromatic carbocycles. The number of ether oxygens (including phenoxy) is 1. The van der Waals surface area contributed by atoms with Gasteiger partial charge in [0.15, 0.2) is 0 Å². The van der Waals surface area contributed by atoms with Gasteiger partial charge in [-0.3, -0.25) is 0 Å². The van der Waals surface area contributed by atoms with Crippen molar-refractivity contribution in [3.63, 3.8) is 0 Å². The molecule has 1 aliphatic rings. The molecule has 2 nitrogen and oxygen atoms in total. The first kappa shape index (κ1) is 6.05. The molecule has 0 saturated carbocycles. The molecular weight excluding hydrogens is 102 g/mol. The summed E-state index contributed by atoms with van der Waals surface area (Å²) in [5.74, 6) is 0. The van der Waals surface area contributed by atoms with E-state index in [1.54, 1.807) is 0 Å². The number of hydrogen-bond donors (Lipinski definition) is 1. The molecule has 2 heteroatoms. The normalized spacial score (nSPS) is 35.6. The van der Waals surface area contributed by atoms with Gasteiger partial charge < -0.3 is 10.5 Å².